The van der Waals surface area contributed by atoms with E-state index in [9.17, 15) is 8.78 Å². The van der Waals surface area contributed by atoms with Crippen LogP contribution in [-0.4, -0.2) is 13.7 Å². The molecule has 1 aromatic rings. The highest BCUT2D eigenvalue weighted by atomic mass is 19.1. The van der Waals surface area contributed by atoms with Gasteiger partial charge >= 0.3 is 0 Å². The van der Waals surface area contributed by atoms with Crippen LogP contribution < -0.4 is 16.2 Å². The number of rotatable bonds is 3. The number of hydrogen-bond acceptors (Lipinski definition) is 3. The summed E-state index contributed by atoms with van der Waals surface area (Å²) in [5.74, 6) is -1.52. The first kappa shape index (κ1) is 10.9. The molecule has 0 aliphatic heterocycles. The zero-order chi connectivity index (χ0) is 10.7. The van der Waals surface area contributed by atoms with Crippen molar-refractivity contribution in [1.82, 2.24) is 0 Å². The lowest BCUT2D eigenvalue weighted by Gasteiger charge is -2.14. The Hall–Kier alpha value is -1.20. The van der Waals surface area contributed by atoms with Gasteiger partial charge in [-0.15, -0.1) is 0 Å². The highest BCUT2D eigenvalue weighted by molar-refractivity contribution is 5.38. The Kier molecular flexibility index (Phi) is 3.38. The van der Waals surface area contributed by atoms with Crippen molar-refractivity contribution >= 4 is 0 Å². The largest absolute Gasteiger partial charge is 0.493 e. The van der Waals surface area contributed by atoms with Crippen molar-refractivity contribution in [3.8, 4) is 5.75 Å². The van der Waals surface area contributed by atoms with Gasteiger partial charge in [0.25, 0.3) is 0 Å². The predicted octanol–water partition coefficient (Wildman–Crippen LogP) is 0.932. The molecule has 0 aliphatic carbocycles. The summed E-state index contributed by atoms with van der Waals surface area (Å²) in [5, 5.41) is 0. The number of nitrogens with two attached hydrogens (primary N) is 2. The van der Waals surface area contributed by atoms with Crippen molar-refractivity contribution in [2.45, 2.75) is 6.04 Å². The van der Waals surface area contributed by atoms with Gasteiger partial charge in [0.1, 0.15) is 5.82 Å². The summed E-state index contributed by atoms with van der Waals surface area (Å²) in [5.41, 5.74) is 11.1. The molecule has 4 N–H and O–H groups in total. The van der Waals surface area contributed by atoms with Crippen molar-refractivity contribution in [3.05, 3.63) is 29.3 Å². The van der Waals surface area contributed by atoms with Crippen LogP contribution in [0.1, 0.15) is 11.6 Å². The van der Waals surface area contributed by atoms with Crippen LogP contribution in [0.15, 0.2) is 12.1 Å². The molecule has 0 spiro atoms. The number of hydrogen-bond donors (Lipinski definition) is 2. The van der Waals surface area contributed by atoms with Gasteiger partial charge in [0.05, 0.1) is 7.11 Å². The molecule has 0 bridgehead atoms. The molecular weight excluding hydrogens is 190 g/mol. The van der Waals surface area contributed by atoms with Gasteiger partial charge in [-0.3, -0.25) is 0 Å². The molecule has 5 heteroatoms. The van der Waals surface area contributed by atoms with Crippen molar-refractivity contribution in [3.63, 3.8) is 0 Å². The van der Waals surface area contributed by atoms with E-state index in [1.807, 2.05) is 0 Å². The standard InChI is InChI=1S/C9H12F2N2O/c1-14-9-6(8(13)4-12)2-5(10)3-7(9)11/h2-3,8H,4,12-13H2,1H3/t8-/m0/s1. The minimum absolute atomic E-state index is 0.0515. The fourth-order valence-corrected chi connectivity index (χ4v) is 1.20. The molecule has 0 heterocycles. The maximum Gasteiger partial charge on any atom is 0.168 e. The summed E-state index contributed by atoms with van der Waals surface area (Å²) >= 11 is 0. The van der Waals surface area contributed by atoms with E-state index in [1.54, 1.807) is 0 Å². The average Bonchev–Trinajstić information content (AvgIpc) is 2.15. The van der Waals surface area contributed by atoms with Gasteiger partial charge in [0.2, 0.25) is 0 Å². The summed E-state index contributed by atoms with van der Waals surface area (Å²) < 4.78 is 30.8. The van der Waals surface area contributed by atoms with E-state index in [1.165, 1.54) is 7.11 Å². The van der Waals surface area contributed by atoms with Crippen molar-refractivity contribution in [2.24, 2.45) is 11.5 Å². The summed E-state index contributed by atoms with van der Waals surface area (Å²) in [6, 6.07) is 1.24. The molecule has 0 aromatic heterocycles. The molecule has 0 amide bonds. The normalized spacial score (nSPS) is 12.6. The van der Waals surface area contributed by atoms with Crippen LogP contribution in [0.2, 0.25) is 0 Å². The molecule has 0 saturated carbocycles. The first-order valence-electron chi connectivity index (χ1n) is 4.08. The van der Waals surface area contributed by atoms with E-state index < -0.39 is 17.7 Å². The topological polar surface area (TPSA) is 61.3 Å². The Morgan fingerprint density at radius 1 is 1.43 bits per heavy atom. The molecule has 0 saturated heterocycles. The van der Waals surface area contributed by atoms with Crippen molar-refractivity contribution in [2.75, 3.05) is 13.7 Å². The van der Waals surface area contributed by atoms with E-state index in [0.717, 1.165) is 12.1 Å². The van der Waals surface area contributed by atoms with Gasteiger partial charge in [-0.2, -0.15) is 0 Å². The lowest BCUT2D eigenvalue weighted by Crippen LogP contribution is -2.21. The van der Waals surface area contributed by atoms with E-state index in [0.29, 0.717) is 0 Å². The SMILES string of the molecule is COc1c(F)cc(F)cc1[C@@H](N)CN. The van der Waals surface area contributed by atoms with Crippen LogP contribution in [0.5, 0.6) is 5.75 Å². The van der Waals surface area contributed by atoms with Gasteiger partial charge in [-0.25, -0.2) is 8.78 Å². The molecule has 0 radical (unpaired) electrons. The Bertz CT molecular complexity index is 331. The smallest absolute Gasteiger partial charge is 0.168 e. The zero-order valence-corrected chi connectivity index (χ0v) is 7.76. The average molecular weight is 202 g/mol. The molecule has 14 heavy (non-hydrogen) atoms. The highest BCUT2D eigenvalue weighted by Crippen LogP contribution is 2.27. The van der Waals surface area contributed by atoms with Crippen LogP contribution >= 0.6 is 0 Å². The Morgan fingerprint density at radius 3 is 2.57 bits per heavy atom. The number of methoxy groups -OCH3 is 1. The number of benzene rings is 1. The molecular formula is C9H12F2N2O. The van der Waals surface area contributed by atoms with Gasteiger partial charge in [0.15, 0.2) is 11.6 Å². The van der Waals surface area contributed by atoms with E-state index >= 15 is 0 Å². The second-order valence-corrected chi connectivity index (χ2v) is 2.85. The first-order valence-corrected chi connectivity index (χ1v) is 4.08. The molecule has 3 nitrogen and oxygen atoms in total. The quantitative estimate of drug-likeness (QED) is 0.766. The van der Waals surface area contributed by atoms with Gasteiger partial charge in [-0.1, -0.05) is 0 Å². The first-order chi connectivity index (χ1) is 6.60. The molecule has 0 unspecified atom stereocenters. The third kappa shape index (κ3) is 2.00. The van der Waals surface area contributed by atoms with Crippen molar-refractivity contribution < 1.29 is 13.5 Å². The van der Waals surface area contributed by atoms with Gasteiger partial charge in [-0.05, 0) is 6.07 Å². The summed E-state index contributed by atoms with van der Waals surface area (Å²) in [7, 11) is 1.29. The monoisotopic (exact) mass is 202 g/mol. The molecule has 78 valence electrons. The summed E-state index contributed by atoms with van der Waals surface area (Å²) in [6.45, 7) is 0.0965. The molecule has 1 rings (SSSR count). The predicted molar refractivity (Wildman–Crippen MR) is 48.9 cm³/mol. The Morgan fingerprint density at radius 2 is 2.07 bits per heavy atom. The fourth-order valence-electron chi connectivity index (χ4n) is 1.20. The molecule has 0 fully saturated rings. The number of ether oxygens (including phenoxy) is 1. The van der Waals surface area contributed by atoms with Crippen LogP contribution in [0.25, 0.3) is 0 Å². The van der Waals surface area contributed by atoms with Gasteiger partial charge in [0, 0.05) is 24.2 Å². The van der Waals surface area contributed by atoms with Gasteiger partial charge < -0.3 is 16.2 Å². The summed E-state index contributed by atoms with van der Waals surface area (Å²) in [4.78, 5) is 0. The second kappa shape index (κ2) is 4.34. The van der Waals surface area contributed by atoms with E-state index in [-0.39, 0.29) is 17.9 Å². The molecule has 1 aromatic carbocycles. The highest BCUT2D eigenvalue weighted by Gasteiger charge is 2.16. The number of halogens is 2. The van der Waals surface area contributed by atoms with Crippen LogP contribution in [0.3, 0.4) is 0 Å². The minimum atomic E-state index is -0.772. The van der Waals surface area contributed by atoms with E-state index in [4.69, 9.17) is 16.2 Å². The van der Waals surface area contributed by atoms with E-state index in [2.05, 4.69) is 0 Å². The maximum absolute atomic E-state index is 13.1. The van der Waals surface area contributed by atoms with Crippen LogP contribution in [0, 0.1) is 11.6 Å². The lowest BCUT2D eigenvalue weighted by molar-refractivity contribution is 0.375. The van der Waals surface area contributed by atoms with Crippen LogP contribution in [-0.2, 0) is 0 Å². The maximum atomic E-state index is 13.1. The molecule has 0 aliphatic rings. The Labute approximate surface area is 80.7 Å². The third-order valence-electron chi connectivity index (χ3n) is 1.89. The zero-order valence-electron chi connectivity index (χ0n) is 7.76. The lowest BCUT2D eigenvalue weighted by atomic mass is 10.1. The summed E-state index contributed by atoms with van der Waals surface area (Å²) in [6.07, 6.45) is 0. The minimum Gasteiger partial charge on any atom is -0.493 e. The fraction of sp³-hybridized carbons (Fsp3) is 0.333. The molecule has 1 atom stereocenters. The Balaban J connectivity index is 3.24. The van der Waals surface area contributed by atoms with Crippen molar-refractivity contribution in [1.29, 1.82) is 0 Å². The third-order valence-corrected chi connectivity index (χ3v) is 1.89. The van der Waals surface area contributed by atoms with Crippen LogP contribution in [0.4, 0.5) is 8.78 Å². The second-order valence-electron chi connectivity index (χ2n) is 2.85.